The molecular weight excluding hydrogens is 272 g/mol. The maximum absolute atomic E-state index is 12.1. The second-order valence-corrected chi connectivity index (χ2v) is 4.88. The highest BCUT2D eigenvalue weighted by atomic mass is 16.2. The number of nitrogens with one attached hydrogen (secondary N) is 2. The first-order chi connectivity index (χ1) is 10.8. The number of para-hydroxylation sites is 1. The molecule has 1 aliphatic rings. The molecule has 1 amide bonds. The van der Waals surface area contributed by atoms with E-state index in [2.05, 4.69) is 22.4 Å². The predicted molar refractivity (Wildman–Crippen MR) is 92.6 cm³/mol. The van der Waals surface area contributed by atoms with Gasteiger partial charge in [0.05, 0.1) is 0 Å². The molecule has 2 N–H and O–H groups in total. The number of hydrogen-bond acceptors (Lipinski definition) is 1. The molecule has 3 nitrogen and oxygen atoms in total. The molecule has 0 unspecified atom stereocenters. The number of aromatic amines is 1. The molecule has 0 saturated heterocycles. The lowest BCUT2D eigenvalue weighted by atomic mass is 10.0. The van der Waals surface area contributed by atoms with E-state index in [4.69, 9.17) is 0 Å². The van der Waals surface area contributed by atoms with Crippen molar-refractivity contribution in [1.29, 1.82) is 0 Å². The first-order valence-corrected chi connectivity index (χ1v) is 7.51. The fraction of sp³-hybridized carbons (Fsp3) is 0.105. The number of fused-ring (bicyclic) bond motifs is 2. The number of hydrogen-bond donors (Lipinski definition) is 2. The first-order valence-electron chi connectivity index (χ1n) is 7.51. The Kier molecular flexibility index (Phi) is 3.79. The van der Waals surface area contributed by atoms with Gasteiger partial charge >= 0.3 is 0 Å². The zero-order chi connectivity index (χ0) is 15.5. The van der Waals surface area contributed by atoms with Crippen LogP contribution in [0.25, 0.3) is 22.6 Å². The van der Waals surface area contributed by atoms with Gasteiger partial charge in [0.15, 0.2) is 0 Å². The van der Waals surface area contributed by atoms with Crippen LogP contribution >= 0.6 is 0 Å². The van der Waals surface area contributed by atoms with E-state index in [1.807, 2.05) is 62.5 Å². The van der Waals surface area contributed by atoms with E-state index in [0.717, 1.165) is 22.3 Å². The lowest BCUT2D eigenvalue weighted by Crippen LogP contribution is -2.03. The van der Waals surface area contributed by atoms with Crippen molar-refractivity contribution in [1.82, 2.24) is 4.98 Å². The first kappa shape index (κ1) is 14.1. The summed E-state index contributed by atoms with van der Waals surface area (Å²) in [5.41, 5.74) is 4.65. The van der Waals surface area contributed by atoms with Crippen LogP contribution in [-0.2, 0) is 4.79 Å². The minimum atomic E-state index is -0.0437. The Morgan fingerprint density at radius 1 is 1.00 bits per heavy atom. The van der Waals surface area contributed by atoms with E-state index in [9.17, 15) is 4.79 Å². The van der Waals surface area contributed by atoms with Crippen LogP contribution in [0, 0.1) is 0 Å². The molecule has 3 aromatic rings. The van der Waals surface area contributed by atoms with Crippen LogP contribution in [0.3, 0.4) is 0 Å². The minimum Gasteiger partial charge on any atom is -0.361 e. The quantitative estimate of drug-likeness (QED) is 0.628. The summed E-state index contributed by atoms with van der Waals surface area (Å²) in [5.74, 6) is -0.0437. The van der Waals surface area contributed by atoms with Gasteiger partial charge in [-0.3, -0.25) is 4.79 Å². The van der Waals surface area contributed by atoms with Gasteiger partial charge in [0, 0.05) is 28.5 Å². The van der Waals surface area contributed by atoms with Crippen molar-refractivity contribution in [2.24, 2.45) is 0 Å². The number of anilines is 1. The van der Waals surface area contributed by atoms with Gasteiger partial charge in [-0.25, -0.2) is 0 Å². The third-order valence-corrected chi connectivity index (χ3v) is 3.60. The Bertz CT molecular complexity index is 859. The minimum absolute atomic E-state index is 0.0437. The zero-order valence-electron chi connectivity index (χ0n) is 12.7. The summed E-state index contributed by atoms with van der Waals surface area (Å²) in [6, 6.07) is 15.9. The van der Waals surface area contributed by atoms with Crippen molar-refractivity contribution in [2.45, 2.75) is 13.8 Å². The number of benzene rings is 2. The molecule has 1 aromatic heterocycles. The van der Waals surface area contributed by atoms with Gasteiger partial charge in [-0.15, -0.1) is 0 Å². The van der Waals surface area contributed by atoms with Crippen LogP contribution in [0.15, 0.2) is 54.7 Å². The summed E-state index contributed by atoms with van der Waals surface area (Å²) in [7, 11) is 0. The number of amides is 1. The molecule has 0 atom stereocenters. The van der Waals surface area contributed by atoms with Crippen LogP contribution in [0.5, 0.6) is 0 Å². The second kappa shape index (κ2) is 5.90. The van der Waals surface area contributed by atoms with E-state index in [1.165, 1.54) is 5.39 Å². The SMILES string of the molecule is CC.O=C1Nc2ccccc2C1=Cc1ccc2cc[nH]c2c1. The van der Waals surface area contributed by atoms with Gasteiger partial charge in [0.25, 0.3) is 5.91 Å². The standard InChI is InChI=1S/C17H12N2O.C2H6/c20-17-14(13-3-1-2-4-15(13)19-17)9-11-5-6-12-7-8-18-16(12)10-11;1-2/h1-10,18H,(H,19,20);1-2H3. The van der Waals surface area contributed by atoms with Crippen molar-refractivity contribution in [3.8, 4) is 0 Å². The summed E-state index contributed by atoms with van der Waals surface area (Å²) < 4.78 is 0. The Hall–Kier alpha value is -2.81. The highest BCUT2D eigenvalue weighted by molar-refractivity contribution is 6.34. The largest absolute Gasteiger partial charge is 0.361 e. The van der Waals surface area contributed by atoms with Crippen LogP contribution in [0.1, 0.15) is 25.0 Å². The Morgan fingerprint density at radius 2 is 1.82 bits per heavy atom. The van der Waals surface area contributed by atoms with E-state index in [1.54, 1.807) is 0 Å². The van der Waals surface area contributed by atoms with Gasteiger partial charge in [0.2, 0.25) is 0 Å². The topological polar surface area (TPSA) is 44.9 Å². The van der Waals surface area contributed by atoms with Crippen LogP contribution in [0.4, 0.5) is 5.69 Å². The van der Waals surface area contributed by atoms with Crippen molar-refractivity contribution < 1.29 is 4.79 Å². The Balaban J connectivity index is 0.000000693. The summed E-state index contributed by atoms with van der Waals surface area (Å²) in [6.07, 6.45) is 3.85. The maximum Gasteiger partial charge on any atom is 0.256 e. The molecule has 2 heterocycles. The molecule has 4 rings (SSSR count). The van der Waals surface area contributed by atoms with Crippen molar-refractivity contribution in [3.63, 3.8) is 0 Å². The van der Waals surface area contributed by atoms with Crippen LogP contribution < -0.4 is 5.32 Å². The highest BCUT2D eigenvalue weighted by Crippen LogP contribution is 2.32. The monoisotopic (exact) mass is 290 g/mol. The molecule has 3 heteroatoms. The molecule has 1 aliphatic heterocycles. The van der Waals surface area contributed by atoms with Gasteiger partial charge in [0.1, 0.15) is 0 Å². The molecule has 0 bridgehead atoms. The van der Waals surface area contributed by atoms with Gasteiger partial charge < -0.3 is 10.3 Å². The lowest BCUT2D eigenvalue weighted by Gasteiger charge is -1.99. The molecule has 0 spiro atoms. The maximum atomic E-state index is 12.1. The summed E-state index contributed by atoms with van der Waals surface area (Å²) >= 11 is 0. The predicted octanol–water partition coefficient (Wildman–Crippen LogP) is 4.69. The van der Waals surface area contributed by atoms with E-state index in [-0.39, 0.29) is 5.91 Å². The fourth-order valence-corrected chi connectivity index (χ4v) is 2.60. The summed E-state index contributed by atoms with van der Waals surface area (Å²) in [5, 5.41) is 4.05. The van der Waals surface area contributed by atoms with E-state index < -0.39 is 0 Å². The molecule has 0 saturated carbocycles. The van der Waals surface area contributed by atoms with Crippen molar-refractivity contribution in [2.75, 3.05) is 5.32 Å². The van der Waals surface area contributed by atoms with E-state index in [0.29, 0.717) is 5.57 Å². The van der Waals surface area contributed by atoms with E-state index >= 15 is 0 Å². The van der Waals surface area contributed by atoms with Crippen molar-refractivity contribution in [3.05, 3.63) is 65.9 Å². The Labute approximate surface area is 129 Å². The number of carbonyl (C=O) groups excluding carboxylic acids is 1. The van der Waals surface area contributed by atoms with Crippen molar-refractivity contribution >= 4 is 34.1 Å². The molecule has 22 heavy (non-hydrogen) atoms. The number of rotatable bonds is 1. The van der Waals surface area contributed by atoms with Gasteiger partial charge in [-0.2, -0.15) is 0 Å². The van der Waals surface area contributed by atoms with Crippen LogP contribution in [-0.4, -0.2) is 10.9 Å². The number of carbonyl (C=O) groups is 1. The van der Waals surface area contributed by atoms with Crippen LogP contribution in [0.2, 0.25) is 0 Å². The third-order valence-electron chi connectivity index (χ3n) is 3.60. The fourth-order valence-electron chi connectivity index (χ4n) is 2.60. The molecule has 0 aliphatic carbocycles. The molecule has 0 fully saturated rings. The smallest absolute Gasteiger partial charge is 0.256 e. The summed E-state index contributed by atoms with van der Waals surface area (Å²) in [4.78, 5) is 15.2. The highest BCUT2D eigenvalue weighted by Gasteiger charge is 2.23. The Morgan fingerprint density at radius 3 is 2.68 bits per heavy atom. The zero-order valence-corrected chi connectivity index (χ0v) is 12.7. The lowest BCUT2D eigenvalue weighted by molar-refractivity contribution is -0.110. The number of H-pyrrole nitrogens is 1. The average Bonchev–Trinajstić information content (AvgIpc) is 3.14. The van der Waals surface area contributed by atoms with Gasteiger partial charge in [-0.1, -0.05) is 44.2 Å². The number of aromatic nitrogens is 1. The molecular formula is C19H18N2O. The normalized spacial score (nSPS) is 14.5. The third kappa shape index (κ3) is 2.42. The second-order valence-electron chi connectivity index (χ2n) is 4.88. The van der Waals surface area contributed by atoms with Gasteiger partial charge in [-0.05, 0) is 35.2 Å². The molecule has 0 radical (unpaired) electrons. The summed E-state index contributed by atoms with van der Waals surface area (Å²) in [6.45, 7) is 4.00. The molecule has 110 valence electrons. The molecule has 2 aromatic carbocycles. The average molecular weight is 290 g/mol.